The first-order valence-corrected chi connectivity index (χ1v) is 14.1. The van der Waals surface area contributed by atoms with Crippen LogP contribution in [0.4, 0.5) is 11.6 Å². The van der Waals surface area contributed by atoms with Gasteiger partial charge in [-0.1, -0.05) is 30.9 Å². The second-order valence-electron chi connectivity index (χ2n) is 11.1. The van der Waals surface area contributed by atoms with Gasteiger partial charge in [-0.15, -0.1) is 4.91 Å². The van der Waals surface area contributed by atoms with Gasteiger partial charge in [0.05, 0.1) is 5.69 Å². The highest BCUT2D eigenvalue weighted by Crippen LogP contribution is 2.47. The van der Waals surface area contributed by atoms with E-state index in [1.165, 1.54) is 5.57 Å². The Morgan fingerprint density at radius 2 is 2.03 bits per heavy atom. The smallest absolute Gasteiger partial charge is 0.286 e. The van der Waals surface area contributed by atoms with Crippen molar-refractivity contribution in [3.8, 4) is 11.4 Å². The van der Waals surface area contributed by atoms with Gasteiger partial charge in [0.15, 0.2) is 5.82 Å². The maximum atomic E-state index is 11.4. The molecule has 0 bridgehead atoms. The maximum Gasteiger partial charge on any atom is 0.286 e. The Labute approximate surface area is 230 Å². The summed E-state index contributed by atoms with van der Waals surface area (Å²) in [6.07, 6.45) is 21.5. The van der Waals surface area contributed by atoms with Gasteiger partial charge >= 0.3 is 0 Å². The van der Waals surface area contributed by atoms with Crippen LogP contribution in [0.2, 0.25) is 0 Å². The number of aromatic nitrogens is 3. The number of carbonyl (C=O) groups excluding carboxylic acids is 1. The summed E-state index contributed by atoms with van der Waals surface area (Å²) in [7, 11) is 1.87. The van der Waals surface area contributed by atoms with Gasteiger partial charge in [0.25, 0.3) is 5.91 Å². The van der Waals surface area contributed by atoms with Gasteiger partial charge in [0, 0.05) is 43.5 Å². The van der Waals surface area contributed by atoms with Crippen LogP contribution in [-0.2, 0) is 4.79 Å². The van der Waals surface area contributed by atoms with Crippen molar-refractivity contribution in [1.29, 1.82) is 0 Å². The third-order valence-corrected chi connectivity index (χ3v) is 8.69. The minimum absolute atomic E-state index is 0.316. The molecule has 1 aliphatic heterocycles. The van der Waals surface area contributed by atoms with Gasteiger partial charge in [0.2, 0.25) is 0 Å². The lowest BCUT2D eigenvalue weighted by molar-refractivity contribution is -0.119. The van der Waals surface area contributed by atoms with Gasteiger partial charge in [-0.3, -0.25) is 4.79 Å². The standard InChI is InChI=1S/C31H38N6O2/c1-22(24-6-4-3-5-7-24)8-10-26-30(32-2)35-29(34-26)25-9-11-27(33-21-25)37-18-16-31(17-19-37)14-12-23(13-15-31)20-28(38)36-39/h4,6-11,21,23,32H,1,3,5,12-20H2,2H3,(H,34,35)/b10-8-. The van der Waals surface area contributed by atoms with E-state index in [4.69, 9.17) is 9.97 Å². The highest BCUT2D eigenvalue weighted by Gasteiger charge is 2.38. The molecule has 2 fully saturated rings. The molecule has 1 spiro atoms. The third-order valence-electron chi connectivity index (χ3n) is 8.69. The Morgan fingerprint density at radius 1 is 1.23 bits per heavy atom. The number of imidazole rings is 1. The van der Waals surface area contributed by atoms with Crippen molar-refractivity contribution in [2.75, 3.05) is 30.4 Å². The van der Waals surface area contributed by atoms with Gasteiger partial charge in [-0.2, -0.15) is 0 Å². The Balaban J connectivity index is 1.18. The highest BCUT2D eigenvalue weighted by molar-refractivity contribution is 5.76. The zero-order valence-corrected chi connectivity index (χ0v) is 22.8. The molecule has 1 amide bonds. The number of nitroso groups, excluding NO2 is 1. The molecule has 39 heavy (non-hydrogen) atoms. The molecular weight excluding hydrogens is 488 g/mol. The van der Waals surface area contributed by atoms with Crippen LogP contribution in [0.25, 0.3) is 17.5 Å². The minimum atomic E-state index is -0.499. The first kappa shape index (κ1) is 26.8. The molecule has 2 aromatic rings. The summed E-state index contributed by atoms with van der Waals surface area (Å²) in [4.78, 5) is 37.2. The molecule has 8 heteroatoms. The van der Waals surface area contributed by atoms with Crippen molar-refractivity contribution in [2.45, 2.75) is 57.8 Å². The molecule has 3 aliphatic rings. The molecule has 0 aromatic carbocycles. The number of H-pyrrole nitrogens is 1. The van der Waals surface area contributed by atoms with E-state index < -0.39 is 5.91 Å². The fourth-order valence-corrected chi connectivity index (χ4v) is 6.17. The predicted octanol–water partition coefficient (Wildman–Crippen LogP) is 6.82. The Bertz CT molecular complexity index is 1280. The predicted molar refractivity (Wildman–Crippen MR) is 157 cm³/mol. The number of rotatable bonds is 8. The molecule has 3 heterocycles. The van der Waals surface area contributed by atoms with Crippen molar-refractivity contribution in [1.82, 2.24) is 15.0 Å². The average Bonchev–Trinajstić information content (AvgIpc) is 3.41. The quantitative estimate of drug-likeness (QED) is 0.289. The first-order chi connectivity index (χ1) is 19.0. The van der Waals surface area contributed by atoms with E-state index in [1.54, 1.807) is 0 Å². The second-order valence-corrected chi connectivity index (χ2v) is 11.1. The molecule has 8 nitrogen and oxygen atoms in total. The van der Waals surface area contributed by atoms with E-state index in [2.05, 4.69) is 57.3 Å². The number of nitrogens with one attached hydrogen (secondary N) is 2. The Kier molecular flexibility index (Phi) is 8.19. The van der Waals surface area contributed by atoms with Crippen molar-refractivity contribution in [3.05, 3.63) is 71.0 Å². The molecule has 204 valence electrons. The van der Waals surface area contributed by atoms with Crippen LogP contribution in [0.1, 0.15) is 63.5 Å². The summed E-state index contributed by atoms with van der Waals surface area (Å²) in [5, 5.41) is 5.75. The number of nitrogens with zero attached hydrogens (tertiary/aromatic N) is 4. The lowest BCUT2D eigenvalue weighted by Gasteiger charge is -2.46. The van der Waals surface area contributed by atoms with Crippen molar-refractivity contribution < 1.29 is 4.79 Å². The number of pyridine rings is 1. The number of piperidine rings is 1. The normalized spacial score (nSPS) is 19.3. The van der Waals surface area contributed by atoms with Crippen molar-refractivity contribution in [2.24, 2.45) is 16.5 Å². The van der Waals surface area contributed by atoms with Crippen LogP contribution in [0.5, 0.6) is 0 Å². The van der Waals surface area contributed by atoms with Gasteiger partial charge < -0.3 is 15.2 Å². The maximum absolute atomic E-state index is 11.4. The number of anilines is 2. The van der Waals surface area contributed by atoms with Crippen molar-refractivity contribution >= 4 is 23.6 Å². The minimum Gasteiger partial charge on any atom is -0.371 e. The molecule has 2 aliphatic carbocycles. The SMILES string of the molecule is C=C(/C=C\c1[nH]c(-c2ccc(N3CCC4(CCC(CC(=O)N=O)CC4)CC3)nc2)nc1NC)C1=CCCC=C1. The number of aromatic amines is 1. The Hall–Kier alpha value is -3.81. The van der Waals surface area contributed by atoms with E-state index in [0.29, 0.717) is 17.8 Å². The summed E-state index contributed by atoms with van der Waals surface area (Å²) >= 11 is 0. The number of hydrogen-bond acceptors (Lipinski definition) is 6. The summed E-state index contributed by atoms with van der Waals surface area (Å²) in [6, 6.07) is 4.17. The van der Waals surface area contributed by atoms with Crippen LogP contribution in [0.3, 0.4) is 0 Å². The molecule has 2 N–H and O–H groups in total. The Morgan fingerprint density at radius 3 is 2.67 bits per heavy atom. The van der Waals surface area contributed by atoms with Crippen LogP contribution in [0.15, 0.2) is 65.5 Å². The van der Waals surface area contributed by atoms with Gasteiger partial charge in [0.1, 0.15) is 11.6 Å². The van der Waals surface area contributed by atoms with Crippen LogP contribution in [-0.4, -0.2) is 41.0 Å². The number of hydrogen-bond donors (Lipinski definition) is 2. The average molecular weight is 527 g/mol. The van der Waals surface area contributed by atoms with Crippen LogP contribution >= 0.6 is 0 Å². The summed E-state index contributed by atoms with van der Waals surface area (Å²) < 4.78 is 0. The first-order valence-electron chi connectivity index (χ1n) is 14.1. The number of amides is 1. The third kappa shape index (κ3) is 6.27. The molecule has 5 rings (SSSR count). The van der Waals surface area contributed by atoms with E-state index >= 15 is 0 Å². The van der Waals surface area contributed by atoms with Crippen molar-refractivity contribution in [3.63, 3.8) is 0 Å². The zero-order chi connectivity index (χ0) is 27.2. The lowest BCUT2D eigenvalue weighted by atomic mass is 9.65. The fourth-order valence-electron chi connectivity index (χ4n) is 6.17. The number of allylic oxidation sites excluding steroid dienone is 6. The topological polar surface area (TPSA) is 103 Å². The summed E-state index contributed by atoms with van der Waals surface area (Å²) in [6.45, 7) is 6.18. The molecule has 1 saturated heterocycles. The van der Waals surface area contributed by atoms with Gasteiger partial charge in [-0.05, 0) is 92.1 Å². The van der Waals surface area contributed by atoms with Gasteiger partial charge in [-0.25, -0.2) is 9.97 Å². The summed E-state index contributed by atoms with van der Waals surface area (Å²) in [5.74, 6) is 2.38. The fraction of sp³-hybridized carbons (Fsp3) is 0.452. The molecule has 0 unspecified atom stereocenters. The van der Waals surface area contributed by atoms with E-state index in [1.807, 2.05) is 25.4 Å². The molecular formula is C31H38N6O2. The van der Waals surface area contributed by atoms with Crippen LogP contribution < -0.4 is 10.2 Å². The van der Waals surface area contributed by atoms with E-state index in [9.17, 15) is 9.70 Å². The molecule has 1 saturated carbocycles. The lowest BCUT2D eigenvalue weighted by Crippen LogP contribution is -2.42. The summed E-state index contributed by atoms with van der Waals surface area (Å²) in [5.41, 5.74) is 4.36. The zero-order valence-electron chi connectivity index (χ0n) is 22.8. The molecule has 0 atom stereocenters. The molecule has 0 radical (unpaired) electrons. The molecule has 2 aromatic heterocycles. The monoisotopic (exact) mass is 526 g/mol. The highest BCUT2D eigenvalue weighted by atomic mass is 16.3. The number of carbonyl (C=O) groups is 1. The largest absolute Gasteiger partial charge is 0.371 e. The van der Waals surface area contributed by atoms with E-state index in [-0.39, 0.29) is 0 Å². The second kappa shape index (κ2) is 11.9. The van der Waals surface area contributed by atoms with E-state index in [0.717, 1.165) is 98.7 Å². The van der Waals surface area contributed by atoms with Crippen LogP contribution in [0, 0.1) is 16.2 Å².